The first-order chi connectivity index (χ1) is 14.3. The molecule has 4 aliphatic rings. The molecule has 3 N–H and O–H groups in total. The van der Waals surface area contributed by atoms with Crippen LogP contribution in [0.15, 0.2) is 0 Å². The number of nitrogens with one attached hydrogen (secondary N) is 2. The van der Waals surface area contributed by atoms with E-state index in [0.29, 0.717) is 30.6 Å². The lowest BCUT2D eigenvalue weighted by atomic mass is 10.0. The predicted octanol–water partition coefficient (Wildman–Crippen LogP) is -0.746. The summed E-state index contributed by atoms with van der Waals surface area (Å²) in [6.07, 6.45) is 5.48. The molecule has 170 valence electrons. The van der Waals surface area contributed by atoms with E-state index in [2.05, 4.69) is 20.0 Å². The van der Waals surface area contributed by atoms with E-state index in [1.54, 1.807) is 0 Å². The SMILES string of the molecule is O=C(NOC[C@@H]1C[C@H](N2CCCCC2)CN1)[C@@H]1CC[C@@H]2CN1C(=O)N2OS(=O)(=O)O. The molecule has 4 heterocycles. The second-order valence-electron chi connectivity index (χ2n) is 8.38. The Balaban J connectivity index is 1.22. The standard InChI is InChI=1S/C17H29N5O7S/c23-16(15-5-4-13-10-21(15)17(24)22(13)29-30(25,26)27)19-28-11-12-8-14(9-18-12)20-6-2-1-3-7-20/h12-15,18H,1-11H2,(H,19,23)(H,25,26,27)/t12-,13+,14-,15-/m0/s1. The monoisotopic (exact) mass is 447 g/mol. The van der Waals surface area contributed by atoms with Crippen LogP contribution < -0.4 is 10.8 Å². The van der Waals surface area contributed by atoms with Crippen molar-refractivity contribution in [2.45, 2.75) is 62.7 Å². The van der Waals surface area contributed by atoms with Crippen LogP contribution in [-0.2, 0) is 24.3 Å². The summed E-state index contributed by atoms with van der Waals surface area (Å²) in [5.74, 6) is -0.457. The first-order valence-corrected chi connectivity index (χ1v) is 11.8. The van der Waals surface area contributed by atoms with Gasteiger partial charge in [0, 0.05) is 25.2 Å². The summed E-state index contributed by atoms with van der Waals surface area (Å²) >= 11 is 0. The van der Waals surface area contributed by atoms with Gasteiger partial charge in [-0.2, -0.15) is 13.5 Å². The molecule has 13 heteroatoms. The maximum Gasteiger partial charge on any atom is 0.418 e. The Bertz CT molecular complexity index is 760. The number of fused-ring (bicyclic) bond motifs is 2. The van der Waals surface area contributed by atoms with Crippen LogP contribution in [-0.4, -0.2) is 96.7 Å². The average molecular weight is 448 g/mol. The topological polar surface area (TPSA) is 141 Å². The molecule has 0 saturated carbocycles. The zero-order chi connectivity index (χ0) is 21.3. The van der Waals surface area contributed by atoms with Crippen molar-refractivity contribution in [3.63, 3.8) is 0 Å². The number of carbonyl (C=O) groups excluding carboxylic acids is 2. The second-order valence-corrected chi connectivity index (χ2v) is 9.38. The number of hydrogen-bond acceptors (Lipinski definition) is 8. The van der Waals surface area contributed by atoms with Crippen molar-refractivity contribution < 1.29 is 31.7 Å². The minimum Gasteiger partial charge on any atom is -0.310 e. The van der Waals surface area contributed by atoms with Crippen molar-refractivity contribution in [2.24, 2.45) is 0 Å². The summed E-state index contributed by atoms with van der Waals surface area (Å²) in [7, 11) is -4.81. The minimum absolute atomic E-state index is 0.147. The lowest BCUT2D eigenvalue weighted by molar-refractivity contribution is -0.139. The molecule has 4 rings (SSSR count). The Labute approximate surface area is 175 Å². The number of piperidine rings is 2. The van der Waals surface area contributed by atoms with E-state index in [0.717, 1.165) is 26.1 Å². The van der Waals surface area contributed by atoms with Gasteiger partial charge < -0.3 is 10.2 Å². The third kappa shape index (κ3) is 4.86. The highest BCUT2D eigenvalue weighted by molar-refractivity contribution is 7.80. The maximum absolute atomic E-state index is 12.5. The molecule has 4 saturated heterocycles. The van der Waals surface area contributed by atoms with Gasteiger partial charge in [0.05, 0.1) is 12.6 Å². The Kier molecular flexibility index (Phi) is 6.46. The summed E-state index contributed by atoms with van der Waals surface area (Å²) in [4.78, 5) is 34.1. The summed E-state index contributed by atoms with van der Waals surface area (Å²) < 4.78 is 35.1. The van der Waals surface area contributed by atoms with Crippen molar-refractivity contribution in [1.29, 1.82) is 0 Å². The fourth-order valence-corrected chi connectivity index (χ4v) is 5.26. The van der Waals surface area contributed by atoms with Crippen LogP contribution in [0.25, 0.3) is 0 Å². The van der Waals surface area contributed by atoms with Crippen molar-refractivity contribution in [2.75, 3.05) is 32.8 Å². The summed E-state index contributed by atoms with van der Waals surface area (Å²) in [5, 5.41) is 4.05. The van der Waals surface area contributed by atoms with Gasteiger partial charge in [-0.05, 0) is 45.2 Å². The average Bonchev–Trinajstić information content (AvgIpc) is 3.27. The smallest absolute Gasteiger partial charge is 0.310 e. The quantitative estimate of drug-likeness (QED) is 0.340. The van der Waals surface area contributed by atoms with Gasteiger partial charge >= 0.3 is 16.4 Å². The van der Waals surface area contributed by atoms with E-state index >= 15 is 0 Å². The predicted molar refractivity (Wildman–Crippen MR) is 103 cm³/mol. The maximum atomic E-state index is 12.5. The summed E-state index contributed by atoms with van der Waals surface area (Å²) in [6, 6.07) is -1.42. The first-order valence-electron chi connectivity index (χ1n) is 10.5. The molecule has 0 aromatic carbocycles. The van der Waals surface area contributed by atoms with Crippen molar-refractivity contribution in [3.8, 4) is 0 Å². The highest BCUT2D eigenvalue weighted by Crippen LogP contribution is 2.30. The molecule has 12 nitrogen and oxygen atoms in total. The van der Waals surface area contributed by atoms with Crippen LogP contribution in [0.2, 0.25) is 0 Å². The number of rotatable bonds is 7. The van der Waals surface area contributed by atoms with Gasteiger partial charge in [-0.25, -0.2) is 10.3 Å². The van der Waals surface area contributed by atoms with Gasteiger partial charge in [0.2, 0.25) is 0 Å². The number of nitrogens with zero attached hydrogens (tertiary/aromatic N) is 3. The number of urea groups is 1. The van der Waals surface area contributed by atoms with Crippen LogP contribution in [0.5, 0.6) is 0 Å². The zero-order valence-corrected chi connectivity index (χ0v) is 17.6. The molecule has 4 atom stereocenters. The molecule has 4 aliphatic heterocycles. The molecule has 3 amide bonds. The first kappa shape index (κ1) is 21.7. The van der Waals surface area contributed by atoms with Gasteiger partial charge in [-0.3, -0.25) is 19.1 Å². The highest BCUT2D eigenvalue weighted by Gasteiger charge is 2.49. The van der Waals surface area contributed by atoms with Gasteiger partial charge in [0.15, 0.2) is 0 Å². The number of carbonyl (C=O) groups is 2. The minimum atomic E-state index is -4.81. The van der Waals surface area contributed by atoms with E-state index in [1.165, 1.54) is 24.2 Å². The summed E-state index contributed by atoms with van der Waals surface area (Å²) in [5.41, 5.74) is 2.43. The molecule has 0 aliphatic carbocycles. The molecule has 2 bridgehead atoms. The second kappa shape index (κ2) is 8.93. The molecule has 0 spiro atoms. The third-order valence-corrected chi connectivity index (χ3v) is 6.71. The molecule has 0 aromatic rings. The van der Waals surface area contributed by atoms with Gasteiger partial charge in [-0.1, -0.05) is 6.42 Å². The largest absolute Gasteiger partial charge is 0.418 e. The molecule has 4 fully saturated rings. The van der Waals surface area contributed by atoms with Crippen molar-refractivity contribution in [1.82, 2.24) is 25.7 Å². The molecule has 0 unspecified atom stereocenters. The normalized spacial score (nSPS) is 32.6. The number of amides is 3. The van der Waals surface area contributed by atoms with Gasteiger partial charge in [0.1, 0.15) is 6.04 Å². The summed E-state index contributed by atoms with van der Waals surface area (Å²) in [6.45, 7) is 3.67. The fourth-order valence-electron chi connectivity index (χ4n) is 4.87. The Morgan fingerprint density at radius 1 is 1.20 bits per heavy atom. The number of hydrogen-bond donors (Lipinski definition) is 3. The van der Waals surface area contributed by atoms with Gasteiger partial charge in [-0.15, -0.1) is 4.28 Å². The zero-order valence-electron chi connectivity index (χ0n) is 16.7. The van der Waals surface area contributed by atoms with Crippen LogP contribution in [0.4, 0.5) is 4.79 Å². The third-order valence-electron chi connectivity index (χ3n) is 6.36. The Hall–Kier alpha value is -1.51. The Morgan fingerprint density at radius 3 is 2.70 bits per heavy atom. The van der Waals surface area contributed by atoms with E-state index in [4.69, 9.17) is 9.39 Å². The van der Waals surface area contributed by atoms with Crippen LogP contribution in [0.3, 0.4) is 0 Å². The molecular weight excluding hydrogens is 418 g/mol. The number of likely N-dealkylation sites (tertiary alicyclic amines) is 1. The van der Waals surface area contributed by atoms with Crippen molar-refractivity contribution in [3.05, 3.63) is 0 Å². The van der Waals surface area contributed by atoms with E-state index < -0.39 is 34.4 Å². The number of hydroxylamine groups is 3. The lowest BCUT2D eigenvalue weighted by Crippen LogP contribution is -2.50. The van der Waals surface area contributed by atoms with Crippen LogP contribution in [0.1, 0.15) is 38.5 Å². The van der Waals surface area contributed by atoms with Gasteiger partial charge in [0.25, 0.3) is 5.91 Å². The van der Waals surface area contributed by atoms with E-state index in [1.807, 2.05) is 0 Å². The highest BCUT2D eigenvalue weighted by atomic mass is 32.3. The van der Waals surface area contributed by atoms with Crippen molar-refractivity contribution >= 4 is 22.3 Å². The van der Waals surface area contributed by atoms with E-state index in [-0.39, 0.29) is 12.6 Å². The molecule has 0 radical (unpaired) electrons. The lowest BCUT2D eigenvalue weighted by Gasteiger charge is -2.31. The molecular formula is C17H29N5O7S. The fraction of sp³-hybridized carbons (Fsp3) is 0.882. The van der Waals surface area contributed by atoms with E-state index in [9.17, 15) is 18.0 Å². The molecule has 30 heavy (non-hydrogen) atoms. The molecule has 0 aromatic heterocycles. The van der Waals surface area contributed by atoms with Crippen LogP contribution >= 0.6 is 0 Å². The van der Waals surface area contributed by atoms with Crippen LogP contribution in [0, 0.1) is 0 Å². The Morgan fingerprint density at radius 2 is 1.97 bits per heavy atom.